The number of halogens is 1. The van der Waals surface area contributed by atoms with Crippen molar-refractivity contribution in [3.05, 3.63) is 48.6 Å². The molecule has 0 radical (unpaired) electrons. The van der Waals surface area contributed by atoms with Crippen LogP contribution < -0.4 is 5.32 Å². The zero-order chi connectivity index (χ0) is 18.7. The van der Waals surface area contributed by atoms with Crippen molar-refractivity contribution in [2.45, 2.75) is 83.1 Å². The van der Waals surface area contributed by atoms with Gasteiger partial charge in [0.15, 0.2) is 0 Å². The fourth-order valence-corrected chi connectivity index (χ4v) is 2.68. The first-order valence-electron chi connectivity index (χ1n) is 10.3. The molecule has 1 N–H and O–H groups in total. The highest BCUT2D eigenvalue weighted by Crippen LogP contribution is 2.18. The summed E-state index contributed by atoms with van der Waals surface area (Å²) in [7, 11) is 0. The van der Waals surface area contributed by atoms with Crippen molar-refractivity contribution in [2.75, 3.05) is 5.88 Å². The predicted octanol–water partition coefficient (Wildman–Crippen LogP) is 6.63. The van der Waals surface area contributed by atoms with Crippen LogP contribution in [0, 0.1) is 0 Å². The van der Waals surface area contributed by atoms with Crippen LogP contribution in [0.5, 0.6) is 0 Å². The van der Waals surface area contributed by atoms with Gasteiger partial charge in [-0.05, 0) is 64.2 Å². The lowest BCUT2D eigenvalue weighted by atomic mass is 10.2. The molecule has 1 rings (SSSR count). The van der Waals surface area contributed by atoms with E-state index in [0.717, 1.165) is 44.4 Å². The molecule has 0 atom stereocenters. The maximum Gasteiger partial charge on any atom is 0.220 e. The minimum absolute atomic E-state index is 0.216. The lowest BCUT2D eigenvalue weighted by molar-refractivity contribution is -0.121. The lowest BCUT2D eigenvalue weighted by Crippen LogP contribution is -2.24. The molecule has 1 aliphatic rings. The normalized spacial score (nSPS) is 15.1. The quantitative estimate of drug-likeness (QED) is 0.182. The standard InChI is InChI=1S/C23H36ClNO/c24-21-17-15-13-11-9-7-5-3-1-2-4-6-8-10-12-14-16-18-23(26)25-22-19-20-22/h1,3-4,6-7,9-10,12,22H,2,5,8,11,13-21H2,(H,25,26). The first kappa shape index (κ1) is 22.8. The zero-order valence-electron chi connectivity index (χ0n) is 16.2. The Hall–Kier alpha value is -1.28. The van der Waals surface area contributed by atoms with Crippen molar-refractivity contribution in [1.29, 1.82) is 0 Å². The first-order chi connectivity index (χ1) is 12.8. The number of nitrogens with one attached hydrogen (secondary N) is 1. The summed E-state index contributed by atoms with van der Waals surface area (Å²) in [6.45, 7) is 0. The molecule has 0 bridgehead atoms. The maximum atomic E-state index is 11.5. The largest absolute Gasteiger partial charge is 0.353 e. The molecular formula is C23H36ClNO. The second-order valence-electron chi connectivity index (χ2n) is 6.87. The summed E-state index contributed by atoms with van der Waals surface area (Å²) in [5.74, 6) is 1.00. The molecule has 0 spiro atoms. The van der Waals surface area contributed by atoms with E-state index in [1.165, 1.54) is 32.1 Å². The Morgan fingerprint density at radius 3 is 1.85 bits per heavy atom. The topological polar surface area (TPSA) is 29.1 Å². The molecule has 0 saturated heterocycles. The van der Waals surface area contributed by atoms with Gasteiger partial charge in [0, 0.05) is 18.3 Å². The van der Waals surface area contributed by atoms with Gasteiger partial charge in [0.2, 0.25) is 5.91 Å². The molecule has 26 heavy (non-hydrogen) atoms. The average Bonchev–Trinajstić information content (AvgIpc) is 3.44. The number of carbonyl (C=O) groups excluding carboxylic acids is 1. The second kappa shape index (κ2) is 17.1. The number of hydrogen-bond donors (Lipinski definition) is 1. The summed E-state index contributed by atoms with van der Waals surface area (Å²) in [5.41, 5.74) is 0. The van der Waals surface area contributed by atoms with Gasteiger partial charge in [-0.3, -0.25) is 4.79 Å². The Balaban J connectivity index is 1.85. The molecule has 0 heterocycles. The Kier molecular flexibility index (Phi) is 15.0. The van der Waals surface area contributed by atoms with Crippen molar-refractivity contribution >= 4 is 17.5 Å². The van der Waals surface area contributed by atoms with Crippen LogP contribution in [0.1, 0.15) is 77.0 Å². The Labute approximate surface area is 165 Å². The number of amides is 1. The minimum atomic E-state index is 0.216. The Morgan fingerprint density at radius 2 is 1.31 bits per heavy atom. The fourth-order valence-electron chi connectivity index (χ4n) is 2.49. The van der Waals surface area contributed by atoms with Gasteiger partial charge in [-0.1, -0.05) is 55.0 Å². The first-order valence-corrected chi connectivity index (χ1v) is 10.8. The molecule has 1 amide bonds. The molecule has 146 valence electrons. The summed E-state index contributed by atoms with van der Waals surface area (Å²) < 4.78 is 0. The van der Waals surface area contributed by atoms with E-state index >= 15 is 0 Å². The van der Waals surface area contributed by atoms with Gasteiger partial charge in [-0.25, -0.2) is 0 Å². The summed E-state index contributed by atoms with van der Waals surface area (Å²) >= 11 is 5.65. The highest BCUT2D eigenvalue weighted by molar-refractivity contribution is 6.17. The monoisotopic (exact) mass is 377 g/mol. The van der Waals surface area contributed by atoms with Gasteiger partial charge in [0.1, 0.15) is 0 Å². The molecule has 0 unspecified atom stereocenters. The zero-order valence-corrected chi connectivity index (χ0v) is 16.9. The number of hydrogen-bond acceptors (Lipinski definition) is 1. The van der Waals surface area contributed by atoms with Crippen LogP contribution in [0.15, 0.2) is 48.6 Å². The van der Waals surface area contributed by atoms with E-state index < -0.39 is 0 Å². The molecule has 3 heteroatoms. The lowest BCUT2D eigenvalue weighted by Gasteiger charge is -2.00. The molecule has 1 saturated carbocycles. The van der Waals surface area contributed by atoms with E-state index in [2.05, 4.69) is 53.9 Å². The molecule has 0 aliphatic heterocycles. The third kappa shape index (κ3) is 16.2. The summed E-state index contributed by atoms with van der Waals surface area (Å²) in [6, 6.07) is 0.486. The number of carbonyl (C=O) groups is 1. The highest BCUT2D eigenvalue weighted by atomic mass is 35.5. The van der Waals surface area contributed by atoms with E-state index in [1.54, 1.807) is 0 Å². The maximum absolute atomic E-state index is 11.5. The van der Waals surface area contributed by atoms with E-state index in [9.17, 15) is 4.79 Å². The van der Waals surface area contributed by atoms with Crippen molar-refractivity contribution in [2.24, 2.45) is 0 Å². The Morgan fingerprint density at radius 1 is 0.769 bits per heavy atom. The van der Waals surface area contributed by atoms with E-state index in [0.29, 0.717) is 12.5 Å². The summed E-state index contributed by atoms with van der Waals surface area (Å²) in [4.78, 5) is 11.5. The van der Waals surface area contributed by atoms with Crippen LogP contribution in [0.4, 0.5) is 0 Å². The van der Waals surface area contributed by atoms with Crippen LogP contribution in [0.2, 0.25) is 0 Å². The molecule has 0 aromatic heterocycles. The molecular weight excluding hydrogens is 342 g/mol. The smallest absolute Gasteiger partial charge is 0.220 e. The van der Waals surface area contributed by atoms with Crippen LogP contribution in [0.25, 0.3) is 0 Å². The van der Waals surface area contributed by atoms with Crippen LogP contribution >= 0.6 is 11.6 Å². The van der Waals surface area contributed by atoms with Crippen molar-refractivity contribution in [3.8, 4) is 0 Å². The van der Waals surface area contributed by atoms with Crippen molar-refractivity contribution in [3.63, 3.8) is 0 Å². The minimum Gasteiger partial charge on any atom is -0.353 e. The summed E-state index contributed by atoms with van der Waals surface area (Å²) in [5, 5.41) is 3.02. The molecule has 0 aromatic carbocycles. The SMILES string of the molecule is O=C(CCCC=CCC=CCC=CCC=CCCCCCCl)NC1CC1. The summed E-state index contributed by atoms with van der Waals surface area (Å²) in [6.07, 6.45) is 30.4. The van der Waals surface area contributed by atoms with E-state index in [-0.39, 0.29) is 5.91 Å². The highest BCUT2D eigenvalue weighted by Gasteiger charge is 2.22. The van der Waals surface area contributed by atoms with E-state index in [1.807, 2.05) is 0 Å². The number of allylic oxidation sites excluding steroid dienone is 8. The molecule has 1 fully saturated rings. The third-order valence-corrected chi connectivity index (χ3v) is 4.47. The van der Waals surface area contributed by atoms with Crippen LogP contribution in [-0.2, 0) is 4.79 Å². The van der Waals surface area contributed by atoms with Crippen molar-refractivity contribution in [1.82, 2.24) is 5.32 Å². The van der Waals surface area contributed by atoms with Gasteiger partial charge in [-0.15, -0.1) is 11.6 Å². The van der Waals surface area contributed by atoms with Gasteiger partial charge in [0.25, 0.3) is 0 Å². The average molecular weight is 378 g/mol. The predicted molar refractivity (Wildman–Crippen MR) is 115 cm³/mol. The van der Waals surface area contributed by atoms with Gasteiger partial charge >= 0.3 is 0 Å². The number of rotatable bonds is 16. The van der Waals surface area contributed by atoms with Crippen LogP contribution in [-0.4, -0.2) is 17.8 Å². The second-order valence-corrected chi connectivity index (χ2v) is 7.24. The molecule has 2 nitrogen and oxygen atoms in total. The van der Waals surface area contributed by atoms with Gasteiger partial charge in [0.05, 0.1) is 0 Å². The van der Waals surface area contributed by atoms with Crippen molar-refractivity contribution < 1.29 is 4.79 Å². The third-order valence-electron chi connectivity index (χ3n) is 4.20. The fraction of sp³-hybridized carbons (Fsp3) is 0.609. The Bertz CT molecular complexity index is 461. The number of unbranched alkanes of at least 4 members (excludes halogenated alkanes) is 4. The van der Waals surface area contributed by atoms with Gasteiger partial charge in [-0.2, -0.15) is 0 Å². The van der Waals surface area contributed by atoms with Crippen LogP contribution in [0.3, 0.4) is 0 Å². The molecule has 0 aromatic rings. The number of alkyl halides is 1. The van der Waals surface area contributed by atoms with E-state index in [4.69, 9.17) is 11.6 Å². The molecule has 1 aliphatic carbocycles. The van der Waals surface area contributed by atoms with Gasteiger partial charge < -0.3 is 5.32 Å².